The van der Waals surface area contributed by atoms with Gasteiger partial charge < -0.3 is 30.0 Å². The monoisotopic (exact) mass is 459 g/mol. The summed E-state index contributed by atoms with van der Waals surface area (Å²) in [5.41, 5.74) is 0.175. The standard InChI is InChI=1S/C21H25N5O7/c1-2-23-20(29)24-14-8-9-26(21(30)25-14)18-17-16(13(31-18)10-22-11-15(27)28)32-19(33-17)12-6-4-3-5-7-12/h3-9,13,16-19,22H,2,10-11H2,1H3,(H,27,28)(H2,23,24,25,29,30)/t13-,16?,17+,18-,19+/m1/s1. The van der Waals surface area contributed by atoms with Crippen LogP contribution in [0.15, 0.2) is 47.4 Å². The molecule has 0 radical (unpaired) electrons. The molecule has 1 aromatic heterocycles. The molecule has 2 aliphatic heterocycles. The van der Waals surface area contributed by atoms with Crippen LogP contribution < -0.4 is 21.6 Å². The number of amides is 2. The summed E-state index contributed by atoms with van der Waals surface area (Å²) in [5, 5.41) is 16.8. The summed E-state index contributed by atoms with van der Waals surface area (Å²) >= 11 is 0. The van der Waals surface area contributed by atoms with Crippen molar-refractivity contribution in [2.75, 3.05) is 25.0 Å². The number of nitrogens with one attached hydrogen (secondary N) is 3. The summed E-state index contributed by atoms with van der Waals surface area (Å²) in [4.78, 5) is 39.2. The van der Waals surface area contributed by atoms with Gasteiger partial charge in [0.1, 0.15) is 24.1 Å². The van der Waals surface area contributed by atoms with Gasteiger partial charge >= 0.3 is 17.7 Å². The second-order valence-electron chi connectivity index (χ2n) is 7.52. The number of carbonyl (C=O) groups is 2. The third-order valence-corrected chi connectivity index (χ3v) is 5.22. The molecule has 0 saturated carbocycles. The van der Waals surface area contributed by atoms with Gasteiger partial charge in [0.2, 0.25) is 0 Å². The first kappa shape index (κ1) is 22.9. The molecule has 2 fully saturated rings. The molecule has 2 saturated heterocycles. The Hall–Kier alpha value is -3.32. The molecule has 12 nitrogen and oxygen atoms in total. The highest BCUT2D eigenvalue weighted by Crippen LogP contribution is 2.43. The summed E-state index contributed by atoms with van der Waals surface area (Å²) in [6, 6.07) is 10.4. The number of carboxylic acid groups (broad SMARTS) is 1. The van der Waals surface area contributed by atoms with Crippen LogP contribution in [0, 0.1) is 0 Å². The maximum Gasteiger partial charge on any atom is 0.351 e. The average Bonchev–Trinajstić information content (AvgIpc) is 3.35. The molecule has 3 heterocycles. The molecule has 33 heavy (non-hydrogen) atoms. The first-order chi connectivity index (χ1) is 16.0. The number of ether oxygens (including phenoxy) is 3. The molecule has 2 aliphatic rings. The molecule has 1 unspecified atom stereocenters. The Morgan fingerprint density at radius 1 is 1.12 bits per heavy atom. The number of hydrogen-bond donors (Lipinski definition) is 4. The zero-order chi connectivity index (χ0) is 23.4. The number of aliphatic carboxylic acids is 1. The van der Waals surface area contributed by atoms with Crippen LogP contribution in [0.4, 0.5) is 10.6 Å². The molecule has 176 valence electrons. The van der Waals surface area contributed by atoms with Gasteiger partial charge in [0.15, 0.2) is 12.5 Å². The van der Waals surface area contributed by atoms with Gasteiger partial charge in [-0.3, -0.25) is 14.7 Å². The van der Waals surface area contributed by atoms with Gasteiger partial charge in [-0.15, -0.1) is 0 Å². The lowest BCUT2D eigenvalue weighted by atomic mass is 10.1. The largest absolute Gasteiger partial charge is 0.480 e. The fraction of sp³-hybridized carbons (Fsp3) is 0.429. The topological polar surface area (TPSA) is 153 Å². The maximum atomic E-state index is 12.7. The predicted molar refractivity (Wildman–Crippen MR) is 115 cm³/mol. The fourth-order valence-electron chi connectivity index (χ4n) is 3.81. The maximum absolute atomic E-state index is 12.7. The van der Waals surface area contributed by atoms with Crippen molar-refractivity contribution in [3.8, 4) is 0 Å². The molecule has 1 aromatic carbocycles. The average molecular weight is 459 g/mol. The third kappa shape index (κ3) is 5.20. The van der Waals surface area contributed by atoms with Crippen LogP contribution in [0.25, 0.3) is 0 Å². The van der Waals surface area contributed by atoms with Crippen LogP contribution in [0.5, 0.6) is 0 Å². The van der Waals surface area contributed by atoms with Crippen LogP contribution in [-0.2, 0) is 19.0 Å². The van der Waals surface area contributed by atoms with Crippen molar-refractivity contribution in [3.05, 3.63) is 58.6 Å². The van der Waals surface area contributed by atoms with E-state index in [2.05, 4.69) is 20.9 Å². The Labute approximate surface area is 188 Å². The van der Waals surface area contributed by atoms with Crippen LogP contribution in [0.1, 0.15) is 25.0 Å². The quantitative estimate of drug-likeness (QED) is 0.440. The molecule has 12 heteroatoms. The molecule has 5 atom stereocenters. The van der Waals surface area contributed by atoms with Crippen LogP contribution in [0.3, 0.4) is 0 Å². The van der Waals surface area contributed by atoms with Gasteiger partial charge in [-0.05, 0) is 13.0 Å². The predicted octanol–water partition coefficient (Wildman–Crippen LogP) is 0.439. The van der Waals surface area contributed by atoms with Gasteiger partial charge in [0, 0.05) is 24.8 Å². The van der Waals surface area contributed by atoms with Gasteiger partial charge in [-0.25, -0.2) is 9.59 Å². The second kappa shape index (κ2) is 10.1. The van der Waals surface area contributed by atoms with E-state index in [1.807, 2.05) is 30.3 Å². The number of rotatable bonds is 8. The van der Waals surface area contributed by atoms with Gasteiger partial charge in [-0.1, -0.05) is 30.3 Å². The number of urea groups is 1. The highest BCUT2D eigenvalue weighted by molar-refractivity contribution is 5.87. The van der Waals surface area contributed by atoms with E-state index >= 15 is 0 Å². The Balaban J connectivity index is 1.55. The molecule has 0 aliphatic carbocycles. The van der Waals surface area contributed by atoms with Crippen molar-refractivity contribution in [1.82, 2.24) is 20.2 Å². The molecular weight excluding hydrogens is 434 g/mol. The number of hydrogen-bond acceptors (Lipinski definition) is 8. The first-order valence-corrected chi connectivity index (χ1v) is 10.5. The SMILES string of the molecule is CCNC(=O)Nc1ccn([C@@H]2O[C@H](CNCC(=O)O)C3O[C@H](c4ccccc4)O[C@@H]32)c(=O)n1. The summed E-state index contributed by atoms with van der Waals surface area (Å²) in [6.07, 6.45) is -1.77. The van der Waals surface area contributed by atoms with E-state index in [-0.39, 0.29) is 18.9 Å². The van der Waals surface area contributed by atoms with Gasteiger partial charge in [0.05, 0.1) is 6.54 Å². The number of nitrogens with zero attached hydrogens (tertiary/aromatic N) is 2. The van der Waals surface area contributed by atoms with E-state index in [1.54, 1.807) is 6.92 Å². The number of carbonyl (C=O) groups excluding carboxylic acids is 1. The lowest BCUT2D eigenvalue weighted by Crippen LogP contribution is -2.38. The van der Waals surface area contributed by atoms with Gasteiger partial charge in [-0.2, -0.15) is 4.98 Å². The smallest absolute Gasteiger partial charge is 0.351 e. The van der Waals surface area contributed by atoms with E-state index in [0.717, 1.165) is 5.56 Å². The zero-order valence-corrected chi connectivity index (χ0v) is 17.8. The third-order valence-electron chi connectivity index (χ3n) is 5.22. The lowest BCUT2D eigenvalue weighted by Gasteiger charge is -2.22. The Bertz CT molecular complexity index is 1050. The van der Waals surface area contributed by atoms with Crippen molar-refractivity contribution in [3.63, 3.8) is 0 Å². The van der Waals surface area contributed by atoms with Crippen molar-refractivity contribution < 1.29 is 28.9 Å². The molecule has 2 aromatic rings. The van der Waals surface area contributed by atoms with E-state index in [0.29, 0.717) is 6.54 Å². The minimum atomic E-state index is -0.998. The molecule has 0 bridgehead atoms. The second-order valence-corrected chi connectivity index (χ2v) is 7.52. The van der Waals surface area contributed by atoms with Crippen LogP contribution >= 0.6 is 0 Å². The van der Waals surface area contributed by atoms with E-state index in [1.165, 1.54) is 16.8 Å². The molecule has 2 amide bonds. The van der Waals surface area contributed by atoms with Crippen molar-refractivity contribution in [2.24, 2.45) is 0 Å². The van der Waals surface area contributed by atoms with Crippen LogP contribution in [-0.4, -0.2) is 64.6 Å². The molecule has 0 spiro atoms. The Morgan fingerprint density at radius 3 is 2.58 bits per heavy atom. The van der Waals surface area contributed by atoms with E-state index < -0.39 is 48.5 Å². The number of carboxylic acids is 1. The van der Waals surface area contributed by atoms with E-state index in [9.17, 15) is 14.4 Å². The van der Waals surface area contributed by atoms with E-state index in [4.69, 9.17) is 19.3 Å². The zero-order valence-electron chi connectivity index (χ0n) is 17.8. The number of anilines is 1. The van der Waals surface area contributed by atoms with Crippen LogP contribution in [0.2, 0.25) is 0 Å². The lowest BCUT2D eigenvalue weighted by molar-refractivity contribution is -0.148. The Morgan fingerprint density at radius 2 is 1.88 bits per heavy atom. The summed E-state index contributed by atoms with van der Waals surface area (Å²) < 4.78 is 19.5. The van der Waals surface area contributed by atoms with Gasteiger partial charge in [0.25, 0.3) is 0 Å². The first-order valence-electron chi connectivity index (χ1n) is 10.5. The minimum Gasteiger partial charge on any atom is -0.480 e. The minimum absolute atomic E-state index is 0.0992. The Kier molecular flexibility index (Phi) is 6.99. The number of benzene rings is 1. The number of aromatic nitrogens is 2. The van der Waals surface area contributed by atoms with Crippen molar-refractivity contribution >= 4 is 17.8 Å². The van der Waals surface area contributed by atoms with Crippen molar-refractivity contribution in [1.29, 1.82) is 0 Å². The normalized spacial score (nSPS) is 26.0. The summed E-state index contributed by atoms with van der Waals surface area (Å²) in [7, 11) is 0. The summed E-state index contributed by atoms with van der Waals surface area (Å²) in [5.74, 6) is -0.898. The molecule has 4 rings (SSSR count). The summed E-state index contributed by atoms with van der Waals surface area (Å²) in [6.45, 7) is 2.15. The molecule has 4 N–H and O–H groups in total. The fourth-order valence-corrected chi connectivity index (χ4v) is 3.81. The molecular formula is C21H25N5O7. The number of fused-ring (bicyclic) bond motifs is 1. The van der Waals surface area contributed by atoms with Crippen molar-refractivity contribution in [2.45, 2.75) is 37.8 Å². The highest BCUT2D eigenvalue weighted by atomic mass is 16.8. The highest BCUT2D eigenvalue weighted by Gasteiger charge is 2.53.